The Labute approximate surface area is 123 Å². The lowest BCUT2D eigenvalue weighted by molar-refractivity contribution is 0.0959. The van der Waals surface area contributed by atoms with Crippen molar-refractivity contribution in [3.63, 3.8) is 0 Å². The Kier molecular flexibility index (Phi) is 5.82. The Morgan fingerprint density at radius 2 is 1.95 bits per heavy atom. The van der Waals surface area contributed by atoms with Crippen molar-refractivity contribution >= 4 is 33.8 Å². The Balaban J connectivity index is 3.16. The summed E-state index contributed by atoms with van der Waals surface area (Å²) in [7, 11) is 1.54. The molecule has 0 aromatic carbocycles. The molecule has 0 bridgehead atoms. The Bertz CT molecular complexity index is 497. The number of nitrogens with one attached hydrogen (secondary N) is 3. The standard InChI is InChI=1S/C13H22N4O2S/c1-5-16-12(19)10-9(14)8(11(18)15-4)13(20-10)17-6-7(2)3/h7,17H,5-6,14H2,1-4H3,(H,15,18)(H,16,19). The van der Waals surface area contributed by atoms with E-state index in [4.69, 9.17) is 5.73 Å². The highest BCUT2D eigenvalue weighted by atomic mass is 32.1. The van der Waals surface area contributed by atoms with Crippen molar-refractivity contribution in [1.29, 1.82) is 0 Å². The van der Waals surface area contributed by atoms with E-state index in [9.17, 15) is 9.59 Å². The van der Waals surface area contributed by atoms with Gasteiger partial charge in [0.05, 0.1) is 11.3 Å². The van der Waals surface area contributed by atoms with E-state index in [1.165, 1.54) is 18.4 Å². The molecule has 0 atom stereocenters. The van der Waals surface area contributed by atoms with E-state index in [1.54, 1.807) is 0 Å². The molecule has 0 spiro atoms. The van der Waals surface area contributed by atoms with Gasteiger partial charge in [0.15, 0.2) is 0 Å². The van der Waals surface area contributed by atoms with Crippen LogP contribution in [0.5, 0.6) is 0 Å². The number of hydrogen-bond acceptors (Lipinski definition) is 5. The van der Waals surface area contributed by atoms with Crippen LogP contribution in [0, 0.1) is 5.92 Å². The van der Waals surface area contributed by atoms with Gasteiger partial charge in [-0.15, -0.1) is 11.3 Å². The fourth-order valence-electron chi connectivity index (χ4n) is 1.63. The average Bonchev–Trinajstić information content (AvgIpc) is 2.73. The van der Waals surface area contributed by atoms with Crippen molar-refractivity contribution in [1.82, 2.24) is 10.6 Å². The second-order valence-electron chi connectivity index (χ2n) is 4.76. The highest BCUT2D eigenvalue weighted by molar-refractivity contribution is 7.19. The van der Waals surface area contributed by atoms with E-state index in [-0.39, 0.29) is 17.5 Å². The van der Waals surface area contributed by atoms with Gasteiger partial charge in [0.25, 0.3) is 11.8 Å². The first-order chi connectivity index (χ1) is 9.42. The van der Waals surface area contributed by atoms with Crippen LogP contribution < -0.4 is 21.7 Å². The summed E-state index contributed by atoms with van der Waals surface area (Å²) in [5, 5.41) is 9.07. The minimum Gasteiger partial charge on any atom is -0.397 e. The highest BCUT2D eigenvalue weighted by Crippen LogP contribution is 2.35. The third-order valence-corrected chi connectivity index (χ3v) is 3.78. The van der Waals surface area contributed by atoms with Gasteiger partial charge in [0.2, 0.25) is 0 Å². The van der Waals surface area contributed by atoms with Gasteiger partial charge < -0.3 is 21.7 Å². The maximum absolute atomic E-state index is 11.9. The van der Waals surface area contributed by atoms with E-state index >= 15 is 0 Å². The molecule has 112 valence electrons. The molecular weight excluding hydrogens is 276 g/mol. The second kappa shape index (κ2) is 7.14. The monoisotopic (exact) mass is 298 g/mol. The van der Waals surface area contributed by atoms with E-state index in [1.807, 2.05) is 6.92 Å². The maximum atomic E-state index is 11.9. The normalized spacial score (nSPS) is 10.4. The predicted octanol–water partition coefficient (Wildman–Crippen LogP) is 1.51. The molecule has 1 rings (SSSR count). The van der Waals surface area contributed by atoms with Crippen LogP contribution in [0.25, 0.3) is 0 Å². The number of amides is 2. The summed E-state index contributed by atoms with van der Waals surface area (Å²) in [5.74, 6) is -0.123. The first kappa shape index (κ1) is 16.3. The fraction of sp³-hybridized carbons (Fsp3) is 0.538. The van der Waals surface area contributed by atoms with Crippen LogP contribution in [0.2, 0.25) is 0 Å². The molecule has 0 aliphatic carbocycles. The van der Waals surface area contributed by atoms with Gasteiger partial charge in [-0.2, -0.15) is 0 Å². The van der Waals surface area contributed by atoms with Gasteiger partial charge in [0, 0.05) is 20.1 Å². The first-order valence-electron chi connectivity index (χ1n) is 6.58. The molecule has 0 unspecified atom stereocenters. The number of hydrogen-bond donors (Lipinski definition) is 4. The summed E-state index contributed by atoms with van der Waals surface area (Å²) in [6, 6.07) is 0. The van der Waals surface area contributed by atoms with Gasteiger partial charge in [0.1, 0.15) is 9.88 Å². The lowest BCUT2D eigenvalue weighted by atomic mass is 10.2. The first-order valence-corrected chi connectivity index (χ1v) is 7.40. The minimum absolute atomic E-state index is 0.228. The number of anilines is 2. The number of carbonyl (C=O) groups excluding carboxylic acids is 2. The largest absolute Gasteiger partial charge is 0.397 e. The molecule has 20 heavy (non-hydrogen) atoms. The van der Waals surface area contributed by atoms with Crippen molar-refractivity contribution < 1.29 is 9.59 Å². The lowest BCUT2D eigenvalue weighted by Crippen LogP contribution is -2.24. The minimum atomic E-state index is -0.291. The smallest absolute Gasteiger partial charge is 0.263 e. The van der Waals surface area contributed by atoms with E-state index in [0.29, 0.717) is 34.4 Å². The zero-order valence-corrected chi connectivity index (χ0v) is 13.1. The van der Waals surface area contributed by atoms with E-state index in [2.05, 4.69) is 29.8 Å². The maximum Gasteiger partial charge on any atom is 0.263 e. The van der Waals surface area contributed by atoms with Gasteiger partial charge in [-0.25, -0.2) is 0 Å². The molecule has 0 aliphatic heterocycles. The van der Waals surface area contributed by atoms with Crippen LogP contribution in [-0.2, 0) is 0 Å². The Morgan fingerprint density at radius 1 is 1.30 bits per heavy atom. The van der Waals surface area contributed by atoms with Crippen LogP contribution in [-0.4, -0.2) is 32.0 Å². The molecule has 1 aromatic rings. The summed E-state index contributed by atoms with van der Waals surface area (Å²) < 4.78 is 0. The summed E-state index contributed by atoms with van der Waals surface area (Å²) in [6.45, 7) is 7.18. The van der Waals surface area contributed by atoms with Gasteiger partial charge in [-0.1, -0.05) is 13.8 Å². The van der Waals surface area contributed by atoms with Gasteiger partial charge in [-0.05, 0) is 12.8 Å². The van der Waals surface area contributed by atoms with Gasteiger partial charge >= 0.3 is 0 Å². The molecule has 6 nitrogen and oxygen atoms in total. The van der Waals surface area contributed by atoms with E-state index < -0.39 is 0 Å². The molecule has 0 saturated carbocycles. The van der Waals surface area contributed by atoms with Crippen molar-refractivity contribution in [3.8, 4) is 0 Å². The van der Waals surface area contributed by atoms with Crippen LogP contribution >= 0.6 is 11.3 Å². The predicted molar refractivity (Wildman–Crippen MR) is 83.5 cm³/mol. The van der Waals surface area contributed by atoms with Crippen LogP contribution in [0.1, 0.15) is 40.8 Å². The fourth-order valence-corrected chi connectivity index (χ4v) is 2.67. The molecule has 5 N–H and O–H groups in total. The second-order valence-corrected chi connectivity index (χ2v) is 5.78. The van der Waals surface area contributed by atoms with Crippen molar-refractivity contribution in [3.05, 3.63) is 10.4 Å². The summed E-state index contributed by atoms with van der Waals surface area (Å²) in [6.07, 6.45) is 0. The third kappa shape index (κ3) is 3.63. The topological polar surface area (TPSA) is 96.2 Å². The summed E-state index contributed by atoms with van der Waals surface area (Å²) in [4.78, 5) is 24.2. The highest BCUT2D eigenvalue weighted by Gasteiger charge is 2.24. The average molecular weight is 298 g/mol. The summed E-state index contributed by atoms with van der Waals surface area (Å²) >= 11 is 1.21. The number of carbonyl (C=O) groups is 2. The molecule has 1 aromatic heterocycles. The molecule has 0 radical (unpaired) electrons. The lowest BCUT2D eigenvalue weighted by Gasteiger charge is -2.09. The van der Waals surface area contributed by atoms with Crippen LogP contribution in [0.3, 0.4) is 0 Å². The quantitative estimate of drug-likeness (QED) is 0.640. The van der Waals surface area contributed by atoms with Crippen LogP contribution in [0.4, 0.5) is 10.7 Å². The van der Waals surface area contributed by atoms with Crippen molar-refractivity contribution in [2.24, 2.45) is 5.92 Å². The summed E-state index contributed by atoms with van der Waals surface area (Å²) in [5.41, 5.74) is 6.54. The zero-order chi connectivity index (χ0) is 15.3. The molecule has 0 saturated heterocycles. The van der Waals surface area contributed by atoms with E-state index in [0.717, 1.165) is 0 Å². The van der Waals surface area contributed by atoms with Crippen molar-refractivity contribution in [2.75, 3.05) is 31.2 Å². The number of thiophene rings is 1. The van der Waals surface area contributed by atoms with Crippen molar-refractivity contribution in [2.45, 2.75) is 20.8 Å². The number of nitrogen functional groups attached to an aromatic ring is 1. The molecule has 0 fully saturated rings. The molecule has 7 heteroatoms. The number of rotatable bonds is 6. The zero-order valence-electron chi connectivity index (χ0n) is 12.3. The number of nitrogens with two attached hydrogens (primary N) is 1. The van der Waals surface area contributed by atoms with Gasteiger partial charge in [-0.3, -0.25) is 9.59 Å². The SMILES string of the molecule is CCNC(=O)c1sc(NCC(C)C)c(C(=O)NC)c1N. The molecule has 2 amide bonds. The molecular formula is C13H22N4O2S. The molecule has 0 aliphatic rings. The Morgan fingerprint density at radius 3 is 2.45 bits per heavy atom. The third-order valence-electron chi connectivity index (χ3n) is 2.61. The van der Waals surface area contributed by atoms with Crippen LogP contribution in [0.15, 0.2) is 0 Å². The Hall–Kier alpha value is -1.76. The molecule has 1 heterocycles.